The zero-order chi connectivity index (χ0) is 75.5. The third kappa shape index (κ3) is 11.7. The maximum absolute atomic E-state index is 6.92. The number of rotatable bonds is 13. The van der Waals surface area contributed by atoms with Crippen LogP contribution in [-0.4, -0.2) is 29.9 Å². The van der Waals surface area contributed by atoms with E-state index >= 15 is 0 Å². The van der Waals surface area contributed by atoms with Gasteiger partial charge in [0.15, 0.2) is 34.9 Å². The summed E-state index contributed by atoms with van der Waals surface area (Å²) >= 11 is 3.67. The van der Waals surface area contributed by atoms with Gasteiger partial charge >= 0.3 is 0 Å². The van der Waals surface area contributed by atoms with Crippen LogP contribution in [0.4, 0.5) is 0 Å². The van der Waals surface area contributed by atoms with Crippen molar-refractivity contribution in [3.63, 3.8) is 0 Å². The van der Waals surface area contributed by atoms with Crippen LogP contribution < -0.4 is 0 Å². The first-order valence-corrected chi connectivity index (χ1v) is 40.4. The van der Waals surface area contributed by atoms with Gasteiger partial charge in [0.2, 0.25) is 0 Å². The van der Waals surface area contributed by atoms with Crippen LogP contribution in [0, 0.1) is 0 Å². The van der Waals surface area contributed by atoms with E-state index in [0.29, 0.717) is 34.9 Å². The van der Waals surface area contributed by atoms with Crippen LogP contribution in [0.15, 0.2) is 350 Å². The van der Waals surface area contributed by atoms with Crippen LogP contribution in [0.3, 0.4) is 0 Å². The van der Waals surface area contributed by atoms with E-state index in [1.54, 1.807) is 11.3 Å². The third-order valence-electron chi connectivity index (χ3n) is 23.1. The summed E-state index contributed by atoms with van der Waals surface area (Å²) in [5.41, 5.74) is 29.5. The quantitative estimate of drug-likeness (QED) is 0.114. The van der Waals surface area contributed by atoms with Crippen molar-refractivity contribution < 1.29 is 4.42 Å². The normalized spacial score (nSPS) is 12.9. The standard InChI is InChI=1S/C105H68N6OS2/c1-105(2)89-37-16-15-33-81(89)83-35-19-34-80(98(83)105)76-30-18-32-78(56-76)102-107-100(70-27-13-6-14-28-70)109-104(111-102)88-60-79(62-95-97(88)87-59-73(50-54-93(87)114-95)68-45-41-66(42-46-68)64-23-9-4-10-24-64)75-47-51-82-85-57-74(48-52-90(85)112-91(82)61-75)71-29-17-31-77(55-71)101-106-99(69-25-11-5-12-26-69)108-103(110-101)84-36-20-38-94-96(84)86-58-72(49-53-92(86)113-94)67-43-39-65(40-44-67)63-21-7-3-8-22-63/h3-49,51-53,55-62H,50,54H2,1-2H3. The maximum Gasteiger partial charge on any atom is 0.164 e. The molecule has 2 aliphatic rings. The van der Waals surface area contributed by atoms with Gasteiger partial charge in [-0.25, -0.2) is 29.9 Å². The molecule has 22 rings (SSSR count). The van der Waals surface area contributed by atoms with Gasteiger partial charge in [0.25, 0.3) is 0 Å². The highest BCUT2D eigenvalue weighted by molar-refractivity contribution is 7.26. The van der Waals surface area contributed by atoms with Crippen molar-refractivity contribution >= 4 is 86.5 Å². The van der Waals surface area contributed by atoms with E-state index in [1.807, 2.05) is 35.6 Å². The molecule has 0 spiro atoms. The lowest BCUT2D eigenvalue weighted by molar-refractivity contribution is 0.662. The van der Waals surface area contributed by atoms with Crippen LogP contribution in [0.5, 0.6) is 0 Å². The van der Waals surface area contributed by atoms with Crippen molar-refractivity contribution in [2.45, 2.75) is 32.1 Å². The summed E-state index contributed by atoms with van der Waals surface area (Å²) in [5.74, 6) is 3.64. The minimum Gasteiger partial charge on any atom is -0.456 e. The first-order chi connectivity index (χ1) is 56.2. The lowest BCUT2D eigenvalue weighted by Gasteiger charge is -2.24. The molecule has 536 valence electrons. The van der Waals surface area contributed by atoms with Crippen molar-refractivity contribution in [3.8, 4) is 146 Å². The Morgan fingerprint density at radius 2 is 0.728 bits per heavy atom. The Kier molecular flexibility index (Phi) is 16.0. The van der Waals surface area contributed by atoms with Gasteiger partial charge in [-0.15, -0.1) is 22.7 Å². The lowest BCUT2D eigenvalue weighted by Crippen LogP contribution is -2.16. The Bertz CT molecular complexity index is 7290. The predicted molar refractivity (Wildman–Crippen MR) is 474 cm³/mol. The first kappa shape index (κ1) is 67.0. The summed E-state index contributed by atoms with van der Waals surface area (Å²) in [6.07, 6.45) is 4.28. The number of nitrogens with zero attached hydrogens (tertiary/aromatic N) is 6. The molecule has 0 unspecified atom stereocenters. The van der Waals surface area contributed by atoms with E-state index in [-0.39, 0.29) is 5.41 Å². The van der Waals surface area contributed by atoms with Crippen LogP contribution in [0.25, 0.3) is 210 Å². The average molecular weight is 1490 g/mol. The number of benzene rings is 15. The molecule has 2 aliphatic carbocycles. The highest BCUT2D eigenvalue weighted by Crippen LogP contribution is 2.53. The molecule has 15 aromatic carbocycles. The number of aromatic nitrogens is 6. The van der Waals surface area contributed by atoms with E-state index in [9.17, 15) is 0 Å². The molecule has 7 nitrogen and oxygen atoms in total. The van der Waals surface area contributed by atoms with Crippen LogP contribution >= 0.6 is 22.7 Å². The fraction of sp³-hybridized carbons (Fsp3) is 0.0476. The van der Waals surface area contributed by atoms with Crippen molar-refractivity contribution in [1.29, 1.82) is 0 Å². The molecule has 0 atom stereocenters. The zero-order valence-corrected chi connectivity index (χ0v) is 63.9. The molecular weight excluding hydrogens is 1430 g/mol. The molecule has 0 aliphatic heterocycles. The first-order valence-electron chi connectivity index (χ1n) is 38.8. The van der Waals surface area contributed by atoms with E-state index in [1.165, 1.54) is 91.1 Å². The number of thiophene rings is 2. The summed E-state index contributed by atoms with van der Waals surface area (Å²) in [4.78, 5) is 33.9. The summed E-state index contributed by atoms with van der Waals surface area (Å²) in [7, 11) is 0. The Balaban J connectivity index is 0.641. The minimum atomic E-state index is -0.202. The van der Waals surface area contributed by atoms with Gasteiger partial charge in [-0.05, 0) is 191 Å². The van der Waals surface area contributed by atoms with Gasteiger partial charge in [0.05, 0.1) is 0 Å². The molecule has 0 saturated carbocycles. The highest BCUT2D eigenvalue weighted by Gasteiger charge is 2.37. The van der Waals surface area contributed by atoms with Crippen molar-refractivity contribution in [2.24, 2.45) is 0 Å². The predicted octanol–water partition coefficient (Wildman–Crippen LogP) is 28.3. The summed E-state index contributed by atoms with van der Waals surface area (Å²) in [6, 6.07) is 124. The minimum absolute atomic E-state index is 0.202. The van der Waals surface area contributed by atoms with Crippen LogP contribution in [-0.2, 0) is 11.8 Å². The summed E-state index contributed by atoms with van der Waals surface area (Å²) in [6.45, 7) is 4.70. The fourth-order valence-corrected chi connectivity index (χ4v) is 19.8. The van der Waals surface area contributed by atoms with Gasteiger partial charge in [-0.1, -0.05) is 293 Å². The number of furan rings is 1. The smallest absolute Gasteiger partial charge is 0.164 e. The summed E-state index contributed by atoms with van der Waals surface area (Å²) < 4.78 is 10.5. The number of hydrogen-bond donors (Lipinski definition) is 0. The second kappa shape index (κ2) is 27.2. The Morgan fingerprint density at radius 1 is 0.263 bits per heavy atom. The summed E-state index contributed by atoms with van der Waals surface area (Å²) in [5, 5.41) is 5.49. The van der Waals surface area contributed by atoms with Gasteiger partial charge in [0, 0.05) is 84.7 Å². The highest BCUT2D eigenvalue weighted by atomic mass is 32.1. The fourth-order valence-electron chi connectivity index (χ4n) is 17.5. The molecule has 0 N–H and O–H groups in total. The Labute approximate surface area is 667 Å². The molecule has 5 heterocycles. The van der Waals surface area contributed by atoms with Crippen molar-refractivity contribution in [2.75, 3.05) is 0 Å². The molecule has 0 radical (unpaired) electrons. The van der Waals surface area contributed by atoms with Crippen molar-refractivity contribution in [3.05, 3.63) is 373 Å². The maximum atomic E-state index is 6.92. The number of allylic oxidation sites excluding steroid dienone is 1. The number of fused-ring (bicyclic) bond motifs is 12. The van der Waals surface area contributed by atoms with Crippen LogP contribution in [0.2, 0.25) is 0 Å². The molecule has 9 heteroatoms. The van der Waals surface area contributed by atoms with E-state index < -0.39 is 0 Å². The number of hydrogen-bond acceptors (Lipinski definition) is 9. The van der Waals surface area contributed by atoms with Gasteiger partial charge < -0.3 is 4.42 Å². The Morgan fingerprint density at radius 3 is 1.41 bits per heavy atom. The molecule has 0 fully saturated rings. The van der Waals surface area contributed by atoms with E-state index in [0.717, 1.165) is 118 Å². The molecule has 5 aromatic heterocycles. The largest absolute Gasteiger partial charge is 0.456 e. The lowest BCUT2D eigenvalue weighted by atomic mass is 9.79. The zero-order valence-electron chi connectivity index (χ0n) is 62.3. The molecule has 20 aromatic rings. The Hall–Kier alpha value is -14.0. The monoisotopic (exact) mass is 1490 g/mol. The average Bonchev–Trinajstić information content (AvgIpc) is 1.55. The second-order valence-corrected chi connectivity index (χ2v) is 32.5. The second-order valence-electron chi connectivity index (χ2n) is 30.3. The van der Waals surface area contributed by atoms with Crippen LogP contribution in [0.1, 0.15) is 47.4 Å². The number of aryl methyl sites for hydroxylation is 1. The van der Waals surface area contributed by atoms with E-state index in [2.05, 4.69) is 341 Å². The molecule has 0 bridgehead atoms. The van der Waals surface area contributed by atoms with Gasteiger partial charge in [0.1, 0.15) is 11.2 Å². The molecular formula is C105H68N6OS2. The van der Waals surface area contributed by atoms with Gasteiger partial charge in [-0.3, -0.25) is 0 Å². The molecule has 0 amide bonds. The molecule has 0 saturated heterocycles. The third-order valence-corrected chi connectivity index (χ3v) is 25.5. The SMILES string of the molecule is CC1(C)c2ccccc2-c2cccc(-c3cccc(-c4nc(-c5ccccc5)nc(-c5cc(-c6ccc7c(c6)oc6ccc(-c8cccc(-c9nc(-c%10ccccc%10)nc(-c%10cccc%11sc%12ccc(-c%13ccc(-c%14ccccc%14)cc%13)cc%12c%10%11)n9)c8)cc67)cc6sc7c(c56)C=C(c5ccc(-c6ccccc6)cc5)CC7)n4)c3)c21. The topological polar surface area (TPSA) is 90.5 Å². The van der Waals surface area contributed by atoms with Gasteiger partial charge in [-0.2, -0.15) is 0 Å². The van der Waals surface area contributed by atoms with Crippen molar-refractivity contribution in [1.82, 2.24) is 29.9 Å². The molecule has 114 heavy (non-hydrogen) atoms. The van der Waals surface area contributed by atoms with E-state index in [4.69, 9.17) is 34.3 Å².